The highest BCUT2D eigenvalue weighted by atomic mass is 16.6. The summed E-state index contributed by atoms with van der Waals surface area (Å²) < 4.78 is 5.30. The lowest BCUT2D eigenvalue weighted by Gasteiger charge is -2.25. The summed E-state index contributed by atoms with van der Waals surface area (Å²) in [5.41, 5.74) is 7.29. The molecular formula is C14H22N2O2. The second kappa shape index (κ2) is 5.87. The molecule has 0 saturated carbocycles. The third kappa shape index (κ3) is 4.37. The van der Waals surface area contributed by atoms with Crippen LogP contribution in [0.2, 0.25) is 0 Å². The third-order valence-electron chi connectivity index (χ3n) is 2.45. The highest BCUT2D eigenvalue weighted by Crippen LogP contribution is 2.13. The fourth-order valence-electron chi connectivity index (χ4n) is 1.57. The Balaban J connectivity index is 2.69. The van der Waals surface area contributed by atoms with Crippen LogP contribution in [0.5, 0.6) is 0 Å². The number of rotatable bonds is 3. The Morgan fingerprint density at radius 2 is 1.83 bits per heavy atom. The van der Waals surface area contributed by atoms with E-state index in [0.717, 1.165) is 11.1 Å². The van der Waals surface area contributed by atoms with Gasteiger partial charge in [0.2, 0.25) is 0 Å². The molecule has 0 fully saturated rings. The van der Waals surface area contributed by atoms with E-state index >= 15 is 0 Å². The molecule has 0 aromatic heterocycles. The zero-order valence-corrected chi connectivity index (χ0v) is 11.6. The van der Waals surface area contributed by atoms with Crippen molar-refractivity contribution in [3.05, 3.63) is 35.4 Å². The minimum Gasteiger partial charge on any atom is -0.444 e. The lowest BCUT2D eigenvalue weighted by Crippen LogP contribution is -2.34. The molecule has 0 bridgehead atoms. The molecule has 4 nitrogen and oxygen atoms in total. The first-order valence-electron chi connectivity index (χ1n) is 6.04. The maximum Gasteiger partial charge on any atom is 0.410 e. The van der Waals surface area contributed by atoms with E-state index in [-0.39, 0.29) is 6.09 Å². The van der Waals surface area contributed by atoms with Crippen molar-refractivity contribution in [3.8, 4) is 0 Å². The number of benzene rings is 1. The molecule has 1 rings (SSSR count). The highest BCUT2D eigenvalue weighted by molar-refractivity contribution is 5.67. The zero-order valence-electron chi connectivity index (χ0n) is 11.6. The molecule has 0 unspecified atom stereocenters. The molecule has 0 atom stereocenters. The van der Waals surface area contributed by atoms with Crippen LogP contribution in [-0.2, 0) is 17.8 Å². The summed E-state index contributed by atoms with van der Waals surface area (Å²) in [6.45, 7) is 6.53. The van der Waals surface area contributed by atoms with Crippen LogP contribution in [0.1, 0.15) is 31.9 Å². The topological polar surface area (TPSA) is 55.6 Å². The van der Waals surface area contributed by atoms with E-state index in [4.69, 9.17) is 10.5 Å². The lowest BCUT2D eigenvalue weighted by atomic mass is 10.1. The van der Waals surface area contributed by atoms with Crippen molar-refractivity contribution in [2.45, 2.75) is 39.5 Å². The van der Waals surface area contributed by atoms with Crippen molar-refractivity contribution >= 4 is 6.09 Å². The Hall–Kier alpha value is -1.55. The molecular weight excluding hydrogens is 228 g/mol. The number of nitrogens with two attached hydrogens (primary N) is 1. The van der Waals surface area contributed by atoms with Crippen LogP contribution in [0.3, 0.4) is 0 Å². The van der Waals surface area contributed by atoms with Gasteiger partial charge in [0.05, 0.1) is 0 Å². The van der Waals surface area contributed by atoms with Gasteiger partial charge in [-0.1, -0.05) is 24.3 Å². The second-order valence-electron chi connectivity index (χ2n) is 5.31. The molecule has 0 spiro atoms. The summed E-state index contributed by atoms with van der Waals surface area (Å²) in [6.07, 6.45) is -0.325. The maximum absolute atomic E-state index is 11.8. The van der Waals surface area contributed by atoms with Gasteiger partial charge in [-0.25, -0.2) is 4.79 Å². The number of carbonyl (C=O) groups is 1. The van der Waals surface area contributed by atoms with Crippen molar-refractivity contribution < 1.29 is 9.53 Å². The monoisotopic (exact) mass is 250 g/mol. The largest absolute Gasteiger partial charge is 0.444 e. The van der Waals surface area contributed by atoms with Crippen molar-refractivity contribution in [3.63, 3.8) is 0 Å². The third-order valence-corrected chi connectivity index (χ3v) is 2.45. The average Bonchev–Trinajstić information content (AvgIpc) is 2.27. The summed E-state index contributed by atoms with van der Waals surface area (Å²) in [6, 6.07) is 7.83. The van der Waals surface area contributed by atoms with E-state index in [1.54, 1.807) is 11.9 Å². The van der Waals surface area contributed by atoms with Gasteiger partial charge in [0.25, 0.3) is 0 Å². The van der Waals surface area contributed by atoms with E-state index in [2.05, 4.69) is 0 Å². The van der Waals surface area contributed by atoms with Gasteiger partial charge in [-0.15, -0.1) is 0 Å². The van der Waals surface area contributed by atoms with Gasteiger partial charge in [0, 0.05) is 20.1 Å². The Bertz CT molecular complexity index is 411. The Morgan fingerprint density at radius 3 is 2.33 bits per heavy atom. The SMILES string of the molecule is CN(Cc1ccccc1CN)C(=O)OC(C)(C)C. The number of nitrogens with zero attached hydrogens (tertiary/aromatic N) is 1. The van der Waals surface area contributed by atoms with Crippen molar-refractivity contribution in [2.24, 2.45) is 5.73 Å². The van der Waals surface area contributed by atoms with E-state index in [1.165, 1.54) is 0 Å². The van der Waals surface area contributed by atoms with Crippen LogP contribution in [0, 0.1) is 0 Å². The predicted molar refractivity (Wildman–Crippen MR) is 72.0 cm³/mol. The fraction of sp³-hybridized carbons (Fsp3) is 0.500. The Labute approximate surface area is 109 Å². The summed E-state index contributed by atoms with van der Waals surface area (Å²) in [5.74, 6) is 0. The molecule has 0 heterocycles. The summed E-state index contributed by atoms with van der Waals surface area (Å²) in [5, 5.41) is 0. The van der Waals surface area contributed by atoms with E-state index < -0.39 is 5.60 Å². The Morgan fingerprint density at radius 1 is 1.28 bits per heavy atom. The molecule has 1 aromatic carbocycles. The normalized spacial score (nSPS) is 11.2. The first kappa shape index (κ1) is 14.5. The molecule has 0 aliphatic rings. The molecule has 0 aliphatic heterocycles. The minimum atomic E-state index is -0.473. The summed E-state index contributed by atoms with van der Waals surface area (Å²) in [7, 11) is 1.72. The van der Waals surface area contributed by atoms with Crippen LogP contribution in [-0.4, -0.2) is 23.6 Å². The fourth-order valence-corrected chi connectivity index (χ4v) is 1.57. The molecule has 2 N–H and O–H groups in total. The van der Waals surface area contributed by atoms with Crippen molar-refractivity contribution in [2.75, 3.05) is 7.05 Å². The molecule has 0 saturated heterocycles. The molecule has 18 heavy (non-hydrogen) atoms. The van der Waals surface area contributed by atoms with E-state index in [1.807, 2.05) is 45.0 Å². The van der Waals surface area contributed by atoms with Crippen molar-refractivity contribution in [1.82, 2.24) is 4.90 Å². The highest BCUT2D eigenvalue weighted by Gasteiger charge is 2.19. The van der Waals surface area contributed by atoms with Crippen LogP contribution in [0.25, 0.3) is 0 Å². The predicted octanol–water partition coefficient (Wildman–Crippen LogP) is 2.51. The molecule has 1 aromatic rings. The van der Waals surface area contributed by atoms with Crippen LogP contribution in [0.15, 0.2) is 24.3 Å². The first-order valence-corrected chi connectivity index (χ1v) is 6.04. The summed E-state index contributed by atoms with van der Waals surface area (Å²) >= 11 is 0. The minimum absolute atomic E-state index is 0.325. The van der Waals surface area contributed by atoms with Gasteiger partial charge in [-0.3, -0.25) is 0 Å². The average molecular weight is 250 g/mol. The molecule has 0 aliphatic carbocycles. The lowest BCUT2D eigenvalue weighted by molar-refractivity contribution is 0.0285. The molecule has 100 valence electrons. The standard InChI is InChI=1S/C14H22N2O2/c1-14(2,3)18-13(17)16(4)10-12-8-6-5-7-11(12)9-15/h5-8H,9-10,15H2,1-4H3. The Kier molecular flexibility index (Phi) is 4.73. The van der Waals surface area contributed by atoms with Crippen molar-refractivity contribution in [1.29, 1.82) is 0 Å². The number of ether oxygens (including phenoxy) is 1. The molecule has 1 amide bonds. The smallest absolute Gasteiger partial charge is 0.410 e. The summed E-state index contributed by atoms with van der Waals surface area (Å²) in [4.78, 5) is 13.4. The van der Waals surface area contributed by atoms with E-state index in [0.29, 0.717) is 13.1 Å². The van der Waals surface area contributed by atoms with E-state index in [9.17, 15) is 4.79 Å². The number of hydrogen-bond acceptors (Lipinski definition) is 3. The van der Waals surface area contributed by atoms with Crippen LogP contribution in [0.4, 0.5) is 4.79 Å². The van der Waals surface area contributed by atoms with Gasteiger partial charge in [-0.2, -0.15) is 0 Å². The first-order chi connectivity index (χ1) is 8.33. The van der Waals surface area contributed by atoms with Gasteiger partial charge >= 0.3 is 6.09 Å². The molecule has 4 heteroatoms. The molecule has 0 radical (unpaired) electrons. The van der Waals surface area contributed by atoms with Crippen LogP contribution < -0.4 is 5.73 Å². The van der Waals surface area contributed by atoms with Crippen LogP contribution >= 0.6 is 0 Å². The van der Waals surface area contributed by atoms with Gasteiger partial charge in [0.1, 0.15) is 5.60 Å². The maximum atomic E-state index is 11.8. The zero-order chi connectivity index (χ0) is 13.8. The quantitative estimate of drug-likeness (QED) is 0.896. The number of amides is 1. The van der Waals surface area contributed by atoms with Gasteiger partial charge in [0.15, 0.2) is 0 Å². The van der Waals surface area contributed by atoms with Gasteiger partial charge < -0.3 is 15.4 Å². The second-order valence-corrected chi connectivity index (χ2v) is 5.31. The van der Waals surface area contributed by atoms with Gasteiger partial charge in [-0.05, 0) is 31.9 Å². The number of carbonyl (C=O) groups excluding carboxylic acids is 1. The number of hydrogen-bond donors (Lipinski definition) is 1.